The normalized spacial score (nSPS) is 13.2. The van der Waals surface area contributed by atoms with Gasteiger partial charge in [-0.05, 0) is 63.4 Å². The second-order valence-electron chi connectivity index (χ2n) is 11.5. The molecule has 238 valence electrons. The van der Waals surface area contributed by atoms with Gasteiger partial charge in [0.25, 0.3) is 5.17 Å². The van der Waals surface area contributed by atoms with Crippen molar-refractivity contribution in [2.45, 2.75) is 76.9 Å². The molecule has 2 heterocycles. The molecule has 45 heavy (non-hydrogen) atoms. The van der Waals surface area contributed by atoms with Crippen LogP contribution in [0.3, 0.4) is 0 Å². The summed E-state index contributed by atoms with van der Waals surface area (Å²) >= 11 is 7.05. The number of carbonyl (C=O) groups is 2. The van der Waals surface area contributed by atoms with E-state index in [1.165, 1.54) is 11.3 Å². The number of ether oxygens (including phenoxy) is 3. The molecule has 0 aliphatic rings. The predicted octanol–water partition coefficient (Wildman–Crippen LogP) is 6.31. The first-order valence-electron chi connectivity index (χ1n) is 14.7. The van der Waals surface area contributed by atoms with E-state index in [2.05, 4.69) is 20.6 Å². The molecular weight excluding hydrogens is 611 g/mol. The molecule has 0 aliphatic carbocycles. The molecule has 0 fully saturated rings. The summed E-state index contributed by atoms with van der Waals surface area (Å²) in [4.78, 5) is 35.1. The lowest BCUT2D eigenvalue weighted by Gasteiger charge is -2.32. The summed E-state index contributed by atoms with van der Waals surface area (Å²) in [5.74, 6) is 0. The summed E-state index contributed by atoms with van der Waals surface area (Å²) in [6.45, 7) is 5.55. The van der Waals surface area contributed by atoms with Gasteiger partial charge in [0.2, 0.25) is 0 Å². The lowest BCUT2D eigenvalue weighted by molar-refractivity contribution is 0.0466. The first-order valence-corrected chi connectivity index (χ1v) is 16.0. The Labute approximate surface area is 273 Å². The van der Waals surface area contributed by atoms with Gasteiger partial charge in [-0.2, -0.15) is 0 Å². The summed E-state index contributed by atoms with van der Waals surface area (Å²) < 4.78 is 19.2. The van der Waals surface area contributed by atoms with Crippen LogP contribution in [0.25, 0.3) is 0 Å². The van der Waals surface area contributed by atoms with Crippen LogP contribution >= 0.6 is 23.6 Å². The predicted molar refractivity (Wildman–Crippen MR) is 177 cm³/mol. The van der Waals surface area contributed by atoms with E-state index in [0.29, 0.717) is 25.7 Å². The van der Waals surface area contributed by atoms with Crippen LogP contribution < -0.4 is 10.6 Å². The lowest BCUT2D eigenvalue weighted by Crippen LogP contribution is -2.50. The van der Waals surface area contributed by atoms with E-state index in [1.807, 2.05) is 81.4 Å². The molecule has 0 aliphatic heterocycles. The Morgan fingerprint density at radius 1 is 0.978 bits per heavy atom. The molecule has 2 N–H and O–H groups in total. The monoisotopic (exact) mass is 649 g/mol. The van der Waals surface area contributed by atoms with E-state index in [9.17, 15) is 9.59 Å². The molecule has 12 heteroatoms. The van der Waals surface area contributed by atoms with Crippen LogP contribution in [-0.2, 0) is 33.7 Å². The molecule has 0 unspecified atom stereocenters. The number of hydrogen-bond acceptors (Lipinski definition) is 9. The van der Waals surface area contributed by atoms with Crippen LogP contribution in [0.1, 0.15) is 49.6 Å². The number of rotatable bonds is 13. The van der Waals surface area contributed by atoms with E-state index >= 15 is 0 Å². The summed E-state index contributed by atoms with van der Waals surface area (Å²) in [5, 5.41) is 6.23. The zero-order valence-corrected chi connectivity index (χ0v) is 27.3. The Morgan fingerprint density at radius 3 is 2.31 bits per heavy atom. The fourth-order valence-electron chi connectivity index (χ4n) is 4.63. The minimum absolute atomic E-state index is 0.0907. The number of thiocarbonyl (C=S) groups is 1. The quantitative estimate of drug-likeness (QED) is 0.162. The number of imidazole rings is 1. The van der Waals surface area contributed by atoms with E-state index in [4.69, 9.17) is 26.4 Å². The molecule has 2 aromatic heterocycles. The Bertz CT molecular complexity index is 1460. The number of aryl methyl sites for hydroxylation is 1. The van der Waals surface area contributed by atoms with Crippen molar-refractivity contribution in [2.24, 2.45) is 0 Å². The maximum atomic E-state index is 13.1. The number of thiazole rings is 1. The summed E-state index contributed by atoms with van der Waals surface area (Å²) in [5.41, 5.74) is 3.12. The van der Waals surface area contributed by atoms with Crippen molar-refractivity contribution < 1.29 is 23.8 Å². The van der Waals surface area contributed by atoms with Crippen LogP contribution in [0.15, 0.2) is 91.1 Å². The zero-order chi connectivity index (χ0) is 32.1. The number of hydrogen-bond donors (Lipinski definition) is 2. The fraction of sp³-hybridized carbons (Fsp3) is 0.364. The van der Waals surface area contributed by atoms with Crippen molar-refractivity contribution in [3.8, 4) is 0 Å². The topological polar surface area (TPSA) is 117 Å². The molecule has 3 atom stereocenters. The molecule has 10 nitrogen and oxygen atoms in total. The minimum Gasteiger partial charge on any atom is -0.465 e. The second kappa shape index (κ2) is 16.7. The van der Waals surface area contributed by atoms with Crippen LogP contribution in [0.2, 0.25) is 0 Å². The van der Waals surface area contributed by atoms with Gasteiger partial charge in [-0.15, -0.1) is 11.3 Å². The fourth-order valence-corrected chi connectivity index (χ4v) is 5.37. The summed E-state index contributed by atoms with van der Waals surface area (Å²) in [6, 6.07) is 18.8. The molecule has 0 spiro atoms. The molecule has 2 aromatic carbocycles. The third-order valence-corrected chi connectivity index (χ3v) is 7.77. The van der Waals surface area contributed by atoms with Gasteiger partial charge >= 0.3 is 12.2 Å². The SMILES string of the molecule is CC(C)(C)OC(=O)N[C@@H](CCc1ccccc1)C[C@H](OC(=S)n1ccnc1)[C@H](Cc1ccccc1)NC(=O)OCc1cncs1. The first-order chi connectivity index (χ1) is 21.6. The van der Waals surface area contributed by atoms with Gasteiger partial charge < -0.3 is 24.8 Å². The Morgan fingerprint density at radius 2 is 1.69 bits per heavy atom. The minimum atomic E-state index is -0.674. The van der Waals surface area contributed by atoms with Crippen LogP contribution in [0.5, 0.6) is 0 Å². The molecule has 4 aromatic rings. The van der Waals surface area contributed by atoms with Crippen molar-refractivity contribution in [1.29, 1.82) is 0 Å². The third-order valence-electron chi connectivity index (χ3n) is 6.71. The lowest BCUT2D eigenvalue weighted by atomic mass is 9.93. The average Bonchev–Trinajstić information content (AvgIpc) is 3.74. The molecule has 4 rings (SSSR count). The molecule has 0 saturated carbocycles. The van der Waals surface area contributed by atoms with Gasteiger partial charge in [0.05, 0.1) is 16.4 Å². The highest BCUT2D eigenvalue weighted by Crippen LogP contribution is 2.19. The largest absolute Gasteiger partial charge is 0.465 e. The molecular formula is C33H39N5O5S2. The molecule has 0 radical (unpaired) electrons. The smallest absolute Gasteiger partial charge is 0.407 e. The van der Waals surface area contributed by atoms with Gasteiger partial charge in [0.15, 0.2) is 0 Å². The first kappa shape index (κ1) is 33.6. The van der Waals surface area contributed by atoms with Crippen LogP contribution in [-0.4, -0.2) is 55.7 Å². The van der Waals surface area contributed by atoms with Crippen LogP contribution in [0, 0.1) is 0 Å². The number of aromatic nitrogens is 3. The van der Waals surface area contributed by atoms with Crippen molar-refractivity contribution in [3.63, 3.8) is 0 Å². The van der Waals surface area contributed by atoms with E-state index in [-0.39, 0.29) is 17.8 Å². The zero-order valence-electron chi connectivity index (χ0n) is 25.6. The van der Waals surface area contributed by atoms with Gasteiger partial charge in [0.1, 0.15) is 24.6 Å². The number of alkyl carbamates (subject to hydrolysis) is 2. The molecule has 0 saturated heterocycles. The Kier molecular flexibility index (Phi) is 12.5. The number of amides is 2. The third kappa shape index (κ3) is 12.0. The highest BCUT2D eigenvalue weighted by Gasteiger charge is 2.31. The Hall–Kier alpha value is -4.29. The maximum Gasteiger partial charge on any atom is 0.407 e. The average molecular weight is 650 g/mol. The Balaban J connectivity index is 1.61. The molecule has 0 bridgehead atoms. The van der Waals surface area contributed by atoms with Gasteiger partial charge in [0, 0.05) is 31.1 Å². The van der Waals surface area contributed by atoms with Crippen molar-refractivity contribution in [1.82, 2.24) is 25.2 Å². The standard InChI is InChI=1S/C33H39N5O5S2/c1-33(2,3)43-31(40)36-26(15-14-24-10-6-4-7-11-24)19-29(42-32(44)38-17-16-34-22-38)28(18-25-12-8-5-9-13-25)37-30(39)41-21-27-20-35-23-45-27/h4-13,16-17,20,22-23,26,28-29H,14-15,18-19,21H2,1-3H3,(H,36,40)(H,37,39)/t26-,28-,29-/m0/s1. The van der Waals surface area contributed by atoms with Crippen molar-refractivity contribution >= 4 is 40.9 Å². The van der Waals surface area contributed by atoms with Crippen molar-refractivity contribution in [2.75, 3.05) is 0 Å². The molecule has 2 amide bonds. The summed E-state index contributed by atoms with van der Waals surface area (Å²) in [6.07, 6.45) is 6.72. The second-order valence-corrected chi connectivity index (χ2v) is 12.8. The van der Waals surface area contributed by atoms with E-state index in [0.717, 1.165) is 16.0 Å². The number of nitrogens with zero attached hydrogens (tertiary/aromatic N) is 3. The van der Waals surface area contributed by atoms with Gasteiger partial charge in [-0.3, -0.25) is 9.55 Å². The number of benzene rings is 2. The number of nitrogens with one attached hydrogen (secondary N) is 2. The van der Waals surface area contributed by atoms with Crippen LogP contribution in [0.4, 0.5) is 9.59 Å². The highest BCUT2D eigenvalue weighted by molar-refractivity contribution is 7.80. The summed E-state index contributed by atoms with van der Waals surface area (Å²) in [7, 11) is 0. The highest BCUT2D eigenvalue weighted by atomic mass is 32.1. The van der Waals surface area contributed by atoms with Crippen molar-refractivity contribution in [3.05, 3.63) is 107 Å². The maximum absolute atomic E-state index is 13.1. The van der Waals surface area contributed by atoms with E-state index < -0.39 is 29.9 Å². The van der Waals surface area contributed by atoms with E-state index in [1.54, 1.807) is 35.0 Å². The number of carbonyl (C=O) groups excluding carboxylic acids is 2. The van der Waals surface area contributed by atoms with Gasteiger partial charge in [-0.25, -0.2) is 14.6 Å². The van der Waals surface area contributed by atoms with Gasteiger partial charge in [-0.1, -0.05) is 60.7 Å².